The largest absolute Gasteiger partial charge is 0.479 e. The van der Waals surface area contributed by atoms with E-state index in [1.165, 1.54) is 24.3 Å². The lowest BCUT2D eigenvalue weighted by Crippen LogP contribution is -2.21. The fourth-order valence-corrected chi connectivity index (χ4v) is 1.87. The minimum Gasteiger partial charge on any atom is -0.479 e. The van der Waals surface area contributed by atoms with Crippen LogP contribution in [0.2, 0.25) is 5.02 Å². The maximum Gasteiger partial charge on any atom is 0.330 e. The lowest BCUT2D eigenvalue weighted by Gasteiger charge is -2.16. The molecule has 7 heteroatoms. The molecule has 0 aliphatic carbocycles. The van der Waals surface area contributed by atoms with Gasteiger partial charge in [0.25, 0.3) is 0 Å². The van der Waals surface area contributed by atoms with Crippen molar-refractivity contribution >= 4 is 23.3 Å². The minimum absolute atomic E-state index is 0.242. The van der Waals surface area contributed by atoms with Crippen LogP contribution in [0.4, 0.5) is 18.9 Å². The van der Waals surface area contributed by atoms with Gasteiger partial charge in [0.2, 0.25) is 0 Å². The van der Waals surface area contributed by atoms with Gasteiger partial charge in [0, 0.05) is 10.7 Å². The number of rotatable bonds is 4. The first-order chi connectivity index (χ1) is 9.88. The highest BCUT2D eigenvalue weighted by atomic mass is 35.5. The van der Waals surface area contributed by atoms with Crippen LogP contribution in [0.5, 0.6) is 0 Å². The Hall–Kier alpha value is -2.21. The Bertz CT molecular complexity index is 653. The molecule has 0 aliphatic rings. The number of aliphatic carboxylic acids is 1. The summed E-state index contributed by atoms with van der Waals surface area (Å²) in [7, 11) is 0. The molecule has 0 bridgehead atoms. The summed E-state index contributed by atoms with van der Waals surface area (Å²) < 4.78 is 39.3. The van der Waals surface area contributed by atoms with Crippen molar-refractivity contribution in [2.24, 2.45) is 0 Å². The average molecular weight is 316 g/mol. The number of hydrogen-bond acceptors (Lipinski definition) is 2. The summed E-state index contributed by atoms with van der Waals surface area (Å²) in [6.07, 6.45) is 0. The molecule has 1 atom stereocenters. The molecular weight excluding hydrogens is 307 g/mol. The third-order valence-corrected chi connectivity index (χ3v) is 2.99. The molecule has 2 rings (SSSR count). The number of halogens is 4. The van der Waals surface area contributed by atoms with Crippen LogP contribution < -0.4 is 5.32 Å². The van der Waals surface area contributed by atoms with Crippen molar-refractivity contribution in [2.45, 2.75) is 6.04 Å². The Morgan fingerprint density at radius 1 is 1.10 bits per heavy atom. The summed E-state index contributed by atoms with van der Waals surface area (Å²) >= 11 is 5.70. The summed E-state index contributed by atoms with van der Waals surface area (Å²) in [5.41, 5.74) is 0.144. The van der Waals surface area contributed by atoms with Gasteiger partial charge in [0.1, 0.15) is 0 Å². The molecule has 1 unspecified atom stereocenters. The number of benzene rings is 2. The highest BCUT2D eigenvalue weighted by Crippen LogP contribution is 2.24. The Labute approximate surface area is 123 Å². The number of carbonyl (C=O) groups is 1. The van der Waals surface area contributed by atoms with Gasteiger partial charge < -0.3 is 10.4 Å². The van der Waals surface area contributed by atoms with Gasteiger partial charge in [-0.1, -0.05) is 11.6 Å². The van der Waals surface area contributed by atoms with E-state index in [1.807, 2.05) is 0 Å². The van der Waals surface area contributed by atoms with Crippen molar-refractivity contribution in [1.29, 1.82) is 0 Å². The smallest absolute Gasteiger partial charge is 0.330 e. The van der Waals surface area contributed by atoms with Crippen LogP contribution >= 0.6 is 11.6 Å². The molecule has 2 N–H and O–H groups in total. The monoisotopic (exact) mass is 315 g/mol. The van der Waals surface area contributed by atoms with Crippen molar-refractivity contribution in [2.75, 3.05) is 5.32 Å². The molecule has 0 fully saturated rings. The lowest BCUT2D eigenvalue weighted by atomic mass is 10.1. The SMILES string of the molecule is O=C(O)C(Nc1ccc(Cl)cc1)c1cc(F)c(F)c(F)c1. The Kier molecular flexibility index (Phi) is 4.37. The predicted octanol–water partition coefficient (Wildman–Crippen LogP) is 4.00. The molecule has 3 nitrogen and oxygen atoms in total. The first kappa shape index (κ1) is 15.2. The molecule has 2 aromatic rings. The first-order valence-corrected chi connectivity index (χ1v) is 6.15. The Balaban J connectivity index is 2.35. The van der Waals surface area contributed by atoms with Gasteiger partial charge in [0.05, 0.1) is 0 Å². The summed E-state index contributed by atoms with van der Waals surface area (Å²) in [5, 5.41) is 12.2. The molecule has 0 saturated heterocycles. The van der Waals surface area contributed by atoms with Gasteiger partial charge >= 0.3 is 5.97 Å². The molecule has 0 spiro atoms. The molecule has 0 saturated carbocycles. The van der Waals surface area contributed by atoms with Crippen LogP contribution in [0, 0.1) is 17.5 Å². The van der Waals surface area contributed by atoms with Crippen molar-refractivity contribution in [3.63, 3.8) is 0 Å². The summed E-state index contributed by atoms with van der Waals surface area (Å²) in [6, 6.07) is 5.91. The molecule has 110 valence electrons. The third-order valence-electron chi connectivity index (χ3n) is 2.74. The van der Waals surface area contributed by atoms with Gasteiger partial charge in [-0.25, -0.2) is 18.0 Å². The van der Waals surface area contributed by atoms with Crippen LogP contribution in [-0.2, 0) is 4.79 Å². The summed E-state index contributed by atoms with van der Waals surface area (Å²) in [6.45, 7) is 0. The predicted molar refractivity (Wildman–Crippen MR) is 71.8 cm³/mol. The molecule has 0 aromatic heterocycles. The van der Waals surface area contributed by atoms with Crippen LogP contribution in [0.25, 0.3) is 0 Å². The first-order valence-electron chi connectivity index (χ1n) is 5.78. The van der Waals surface area contributed by atoms with Crippen LogP contribution in [0.15, 0.2) is 36.4 Å². The Morgan fingerprint density at radius 3 is 2.10 bits per heavy atom. The standard InChI is InChI=1S/C14H9ClF3NO2/c15-8-1-3-9(4-2-8)19-13(14(20)21)7-5-10(16)12(18)11(17)6-7/h1-6,13,19H,(H,20,21). The average Bonchev–Trinajstić information content (AvgIpc) is 2.43. The second-order valence-corrected chi connectivity index (χ2v) is 4.66. The van der Waals surface area contributed by atoms with E-state index in [1.54, 1.807) is 0 Å². The third kappa shape index (κ3) is 3.46. The Morgan fingerprint density at radius 2 is 1.62 bits per heavy atom. The number of hydrogen-bond donors (Lipinski definition) is 2. The van der Waals surface area contributed by atoms with E-state index in [9.17, 15) is 18.0 Å². The van der Waals surface area contributed by atoms with Crippen molar-refractivity contribution in [3.8, 4) is 0 Å². The maximum atomic E-state index is 13.2. The van der Waals surface area contributed by atoms with Crippen LogP contribution in [0.1, 0.15) is 11.6 Å². The van der Waals surface area contributed by atoms with Gasteiger partial charge in [-0.05, 0) is 42.0 Å². The molecule has 2 aromatic carbocycles. The summed E-state index contributed by atoms with van der Waals surface area (Å²) in [5.74, 6) is -5.91. The van der Waals surface area contributed by atoms with E-state index in [0.717, 1.165) is 0 Å². The minimum atomic E-state index is -1.64. The van der Waals surface area contributed by atoms with E-state index in [2.05, 4.69) is 5.32 Å². The zero-order chi connectivity index (χ0) is 15.6. The van der Waals surface area contributed by atoms with Gasteiger partial charge in [-0.15, -0.1) is 0 Å². The van der Waals surface area contributed by atoms with E-state index in [0.29, 0.717) is 22.8 Å². The van der Waals surface area contributed by atoms with Crippen LogP contribution in [0.3, 0.4) is 0 Å². The normalized spacial score (nSPS) is 12.0. The number of nitrogens with one attached hydrogen (secondary N) is 1. The highest BCUT2D eigenvalue weighted by Gasteiger charge is 2.23. The van der Waals surface area contributed by atoms with Crippen LogP contribution in [-0.4, -0.2) is 11.1 Å². The molecule has 21 heavy (non-hydrogen) atoms. The number of anilines is 1. The molecule has 0 radical (unpaired) electrons. The molecule has 0 amide bonds. The molecule has 0 aliphatic heterocycles. The lowest BCUT2D eigenvalue weighted by molar-refractivity contribution is -0.138. The quantitative estimate of drug-likeness (QED) is 0.839. The highest BCUT2D eigenvalue weighted by molar-refractivity contribution is 6.30. The topological polar surface area (TPSA) is 49.3 Å². The number of carboxylic acids is 1. The maximum absolute atomic E-state index is 13.2. The zero-order valence-corrected chi connectivity index (χ0v) is 11.2. The van der Waals surface area contributed by atoms with Gasteiger partial charge in [-0.2, -0.15) is 0 Å². The van der Waals surface area contributed by atoms with E-state index in [-0.39, 0.29) is 5.56 Å². The van der Waals surface area contributed by atoms with Crippen molar-refractivity contribution in [1.82, 2.24) is 0 Å². The molecule has 0 heterocycles. The second kappa shape index (κ2) is 6.05. The molecular formula is C14H9ClF3NO2. The fraction of sp³-hybridized carbons (Fsp3) is 0.0714. The van der Waals surface area contributed by atoms with E-state index in [4.69, 9.17) is 16.7 Å². The van der Waals surface area contributed by atoms with Gasteiger partial charge in [0.15, 0.2) is 23.5 Å². The fourth-order valence-electron chi connectivity index (χ4n) is 1.74. The van der Waals surface area contributed by atoms with Crippen molar-refractivity contribution in [3.05, 3.63) is 64.4 Å². The van der Waals surface area contributed by atoms with E-state index < -0.39 is 29.5 Å². The second-order valence-electron chi connectivity index (χ2n) is 4.22. The van der Waals surface area contributed by atoms with Crippen molar-refractivity contribution < 1.29 is 23.1 Å². The number of carboxylic acid groups (broad SMARTS) is 1. The van der Waals surface area contributed by atoms with E-state index >= 15 is 0 Å². The zero-order valence-electron chi connectivity index (χ0n) is 10.4. The summed E-state index contributed by atoms with van der Waals surface area (Å²) in [4.78, 5) is 11.3. The van der Waals surface area contributed by atoms with Gasteiger partial charge in [-0.3, -0.25) is 0 Å².